The Bertz CT molecular complexity index is 440. The largest absolute Gasteiger partial charge is 0.493 e. The smallest absolute Gasteiger partial charge is 0.418 e. The standard InChI is InChI=1S/C10H9F3N2O2/c1-16-8-6(3-4-15-7(8)5-14)9(17-2)10(11,12)13/h3-4,9H,1-2H3. The number of halogens is 3. The highest BCUT2D eigenvalue weighted by molar-refractivity contribution is 5.45. The highest BCUT2D eigenvalue weighted by atomic mass is 19.4. The number of pyridine rings is 1. The Morgan fingerprint density at radius 3 is 2.47 bits per heavy atom. The van der Waals surface area contributed by atoms with Gasteiger partial charge in [-0.1, -0.05) is 0 Å². The molecule has 0 aliphatic carbocycles. The molecular formula is C10H9F3N2O2. The highest BCUT2D eigenvalue weighted by Gasteiger charge is 2.43. The topological polar surface area (TPSA) is 55.1 Å². The molecule has 1 aromatic rings. The van der Waals surface area contributed by atoms with Crippen LogP contribution in [-0.4, -0.2) is 25.4 Å². The molecule has 1 heterocycles. The fraction of sp³-hybridized carbons (Fsp3) is 0.400. The van der Waals surface area contributed by atoms with Crippen molar-refractivity contribution in [1.29, 1.82) is 5.26 Å². The van der Waals surface area contributed by atoms with Crippen LogP contribution in [0.3, 0.4) is 0 Å². The second-order valence-electron chi connectivity index (χ2n) is 3.05. The van der Waals surface area contributed by atoms with Gasteiger partial charge in [-0.25, -0.2) is 4.98 Å². The number of hydrogen-bond acceptors (Lipinski definition) is 4. The molecule has 0 fully saturated rings. The van der Waals surface area contributed by atoms with Crippen LogP contribution in [0, 0.1) is 11.3 Å². The maximum atomic E-state index is 12.7. The highest BCUT2D eigenvalue weighted by Crippen LogP contribution is 2.39. The van der Waals surface area contributed by atoms with Gasteiger partial charge in [0, 0.05) is 18.9 Å². The molecule has 0 aliphatic rings. The van der Waals surface area contributed by atoms with Gasteiger partial charge in [-0.3, -0.25) is 0 Å². The van der Waals surface area contributed by atoms with Crippen LogP contribution in [0.1, 0.15) is 17.4 Å². The lowest BCUT2D eigenvalue weighted by Crippen LogP contribution is -2.23. The molecule has 17 heavy (non-hydrogen) atoms. The van der Waals surface area contributed by atoms with E-state index in [1.54, 1.807) is 6.07 Å². The molecule has 0 saturated carbocycles. The molecule has 0 N–H and O–H groups in total. The summed E-state index contributed by atoms with van der Waals surface area (Å²) >= 11 is 0. The van der Waals surface area contributed by atoms with Crippen molar-refractivity contribution in [2.24, 2.45) is 0 Å². The number of ether oxygens (including phenoxy) is 2. The molecule has 0 saturated heterocycles. The Kier molecular flexibility index (Phi) is 3.91. The third-order valence-corrected chi connectivity index (χ3v) is 2.06. The molecule has 0 bridgehead atoms. The SMILES string of the molecule is COc1c(C(OC)C(F)(F)F)ccnc1C#N. The van der Waals surface area contributed by atoms with Gasteiger partial charge in [0.1, 0.15) is 6.07 Å². The predicted molar refractivity (Wildman–Crippen MR) is 51.3 cm³/mol. The lowest BCUT2D eigenvalue weighted by molar-refractivity contribution is -0.216. The first-order valence-corrected chi connectivity index (χ1v) is 4.48. The first-order valence-electron chi connectivity index (χ1n) is 4.48. The summed E-state index contributed by atoms with van der Waals surface area (Å²) < 4.78 is 47.2. The molecule has 0 amide bonds. The van der Waals surface area contributed by atoms with Crippen LogP contribution in [0.5, 0.6) is 5.75 Å². The van der Waals surface area contributed by atoms with E-state index in [0.717, 1.165) is 19.4 Å². The van der Waals surface area contributed by atoms with Crippen molar-refractivity contribution >= 4 is 0 Å². The normalized spacial score (nSPS) is 12.9. The van der Waals surface area contributed by atoms with Gasteiger partial charge in [-0.2, -0.15) is 18.4 Å². The maximum absolute atomic E-state index is 12.7. The number of nitrogens with zero attached hydrogens (tertiary/aromatic N) is 2. The van der Waals surface area contributed by atoms with Gasteiger partial charge in [0.2, 0.25) is 0 Å². The Morgan fingerprint density at radius 1 is 1.41 bits per heavy atom. The van der Waals surface area contributed by atoms with E-state index >= 15 is 0 Å². The monoisotopic (exact) mass is 246 g/mol. The predicted octanol–water partition coefficient (Wildman–Crippen LogP) is 2.21. The quantitative estimate of drug-likeness (QED) is 0.820. The van der Waals surface area contributed by atoms with Crippen LogP contribution in [0.2, 0.25) is 0 Å². The van der Waals surface area contributed by atoms with Crippen LogP contribution >= 0.6 is 0 Å². The molecule has 92 valence electrons. The van der Waals surface area contributed by atoms with E-state index < -0.39 is 12.3 Å². The summed E-state index contributed by atoms with van der Waals surface area (Å²) in [6.45, 7) is 0. The maximum Gasteiger partial charge on any atom is 0.418 e. The molecule has 0 aromatic carbocycles. The van der Waals surface area contributed by atoms with Crippen molar-refractivity contribution in [3.8, 4) is 11.8 Å². The summed E-state index contributed by atoms with van der Waals surface area (Å²) in [6.07, 6.45) is -5.63. The van der Waals surface area contributed by atoms with Crippen molar-refractivity contribution < 1.29 is 22.6 Å². The zero-order valence-electron chi connectivity index (χ0n) is 9.08. The molecule has 1 atom stereocenters. The van der Waals surface area contributed by atoms with E-state index in [1.165, 1.54) is 7.11 Å². The molecule has 1 rings (SSSR count). The number of nitriles is 1. The summed E-state index contributed by atoms with van der Waals surface area (Å²) in [6, 6.07) is 2.77. The summed E-state index contributed by atoms with van der Waals surface area (Å²) in [4.78, 5) is 3.62. The van der Waals surface area contributed by atoms with Crippen LogP contribution in [0.4, 0.5) is 13.2 Å². The van der Waals surface area contributed by atoms with Gasteiger partial charge in [-0.05, 0) is 6.07 Å². The van der Waals surface area contributed by atoms with Gasteiger partial charge >= 0.3 is 6.18 Å². The Balaban J connectivity index is 3.35. The molecule has 7 heteroatoms. The Hall–Kier alpha value is -1.81. The average molecular weight is 246 g/mol. The third-order valence-electron chi connectivity index (χ3n) is 2.06. The van der Waals surface area contributed by atoms with Crippen LogP contribution in [0.25, 0.3) is 0 Å². The lowest BCUT2D eigenvalue weighted by Gasteiger charge is -2.21. The zero-order valence-corrected chi connectivity index (χ0v) is 9.08. The zero-order chi connectivity index (χ0) is 13.1. The van der Waals surface area contributed by atoms with Crippen LogP contribution < -0.4 is 4.74 Å². The van der Waals surface area contributed by atoms with Gasteiger partial charge in [-0.15, -0.1) is 0 Å². The van der Waals surface area contributed by atoms with E-state index in [9.17, 15) is 13.2 Å². The number of hydrogen-bond donors (Lipinski definition) is 0. The van der Waals surface area contributed by atoms with Crippen molar-refractivity contribution in [2.75, 3.05) is 14.2 Å². The molecule has 0 radical (unpaired) electrons. The lowest BCUT2D eigenvalue weighted by atomic mass is 10.1. The minimum atomic E-state index is -4.59. The van der Waals surface area contributed by atoms with Crippen molar-refractivity contribution in [2.45, 2.75) is 12.3 Å². The van der Waals surface area contributed by atoms with Gasteiger partial charge < -0.3 is 9.47 Å². The fourth-order valence-electron chi connectivity index (χ4n) is 1.40. The first-order chi connectivity index (χ1) is 7.95. The minimum absolute atomic E-state index is 0.212. The Labute approximate surface area is 95.6 Å². The average Bonchev–Trinajstić information content (AvgIpc) is 2.27. The number of aromatic nitrogens is 1. The van der Waals surface area contributed by atoms with E-state index in [-0.39, 0.29) is 17.0 Å². The fourth-order valence-corrected chi connectivity index (χ4v) is 1.40. The number of methoxy groups -OCH3 is 2. The van der Waals surface area contributed by atoms with Gasteiger partial charge in [0.25, 0.3) is 0 Å². The Morgan fingerprint density at radius 2 is 2.06 bits per heavy atom. The molecule has 0 aliphatic heterocycles. The van der Waals surface area contributed by atoms with E-state index in [0.29, 0.717) is 0 Å². The minimum Gasteiger partial charge on any atom is -0.493 e. The molecule has 1 unspecified atom stereocenters. The number of rotatable bonds is 3. The van der Waals surface area contributed by atoms with Crippen molar-refractivity contribution in [3.05, 3.63) is 23.5 Å². The molecule has 1 aromatic heterocycles. The van der Waals surface area contributed by atoms with Crippen LogP contribution in [0.15, 0.2) is 12.3 Å². The van der Waals surface area contributed by atoms with Gasteiger partial charge in [0.05, 0.1) is 7.11 Å². The number of alkyl halides is 3. The summed E-state index contributed by atoms with van der Waals surface area (Å²) in [5.74, 6) is -0.223. The van der Waals surface area contributed by atoms with Gasteiger partial charge in [0.15, 0.2) is 17.5 Å². The third kappa shape index (κ3) is 2.65. The second kappa shape index (κ2) is 5.01. The van der Waals surface area contributed by atoms with E-state index in [1.807, 2.05) is 0 Å². The second-order valence-corrected chi connectivity index (χ2v) is 3.05. The van der Waals surface area contributed by atoms with Crippen molar-refractivity contribution in [1.82, 2.24) is 4.98 Å². The summed E-state index contributed by atoms with van der Waals surface area (Å²) in [5, 5.41) is 8.72. The van der Waals surface area contributed by atoms with E-state index in [4.69, 9.17) is 10.00 Å². The molecular weight excluding hydrogens is 237 g/mol. The van der Waals surface area contributed by atoms with Crippen LogP contribution in [-0.2, 0) is 4.74 Å². The molecule has 4 nitrogen and oxygen atoms in total. The summed E-state index contributed by atoms with van der Waals surface area (Å²) in [7, 11) is 2.11. The molecule has 0 spiro atoms. The van der Waals surface area contributed by atoms with E-state index in [2.05, 4.69) is 9.72 Å². The first kappa shape index (κ1) is 13.3. The van der Waals surface area contributed by atoms with Crippen molar-refractivity contribution in [3.63, 3.8) is 0 Å². The summed E-state index contributed by atoms with van der Waals surface area (Å²) in [5.41, 5.74) is -0.481.